The largest absolute Gasteiger partial charge is 0.343 e. The van der Waals surface area contributed by atoms with Crippen LogP contribution in [-0.2, 0) is 0 Å². The van der Waals surface area contributed by atoms with Gasteiger partial charge in [0.05, 0.1) is 12.6 Å². The number of amides is 2. The van der Waals surface area contributed by atoms with Crippen LogP contribution in [0.15, 0.2) is 4.79 Å². The van der Waals surface area contributed by atoms with Crippen LogP contribution in [0.25, 0.3) is 0 Å². The van der Waals surface area contributed by atoms with Crippen LogP contribution in [0, 0.1) is 11.8 Å². The Kier molecular flexibility index (Phi) is 4.07. The van der Waals surface area contributed by atoms with Crippen molar-refractivity contribution in [1.82, 2.24) is 24.6 Å². The molecule has 3 aliphatic rings. The van der Waals surface area contributed by atoms with E-state index in [9.17, 15) is 18.4 Å². The maximum Gasteiger partial charge on any atom is 0.343 e. The van der Waals surface area contributed by atoms with Gasteiger partial charge in [-0.3, -0.25) is 4.57 Å². The fourth-order valence-electron chi connectivity index (χ4n) is 4.48. The lowest BCUT2D eigenvalue weighted by molar-refractivity contribution is 0.0134. The predicted molar refractivity (Wildman–Crippen MR) is 90.0 cm³/mol. The molecule has 7 nitrogen and oxygen atoms in total. The minimum Gasteiger partial charge on any atom is -0.318 e. The van der Waals surface area contributed by atoms with Gasteiger partial charge in [0.2, 0.25) is 0 Å². The van der Waals surface area contributed by atoms with Crippen molar-refractivity contribution in [2.24, 2.45) is 11.8 Å². The van der Waals surface area contributed by atoms with Gasteiger partial charge in [0.15, 0.2) is 5.82 Å². The Morgan fingerprint density at radius 1 is 1.27 bits per heavy atom. The zero-order chi connectivity index (χ0) is 18.6. The zero-order valence-corrected chi connectivity index (χ0v) is 15.1. The average Bonchev–Trinajstić information content (AvgIpc) is 3.03. The number of hydrogen-bond acceptors (Lipinski definition) is 3. The molecule has 26 heavy (non-hydrogen) atoms. The molecule has 2 saturated heterocycles. The lowest BCUT2D eigenvalue weighted by Gasteiger charge is -2.31. The lowest BCUT2D eigenvalue weighted by Crippen LogP contribution is -2.44. The summed E-state index contributed by atoms with van der Waals surface area (Å²) in [5, 5.41) is 6.74. The molecule has 3 heterocycles. The van der Waals surface area contributed by atoms with Crippen LogP contribution in [0.5, 0.6) is 0 Å². The Hall–Kier alpha value is -1.93. The van der Waals surface area contributed by atoms with E-state index in [1.807, 2.05) is 13.8 Å². The Balaban J connectivity index is 1.66. The number of halogens is 2. The number of nitrogens with one attached hydrogen (secondary N) is 1. The van der Waals surface area contributed by atoms with E-state index in [0.29, 0.717) is 18.3 Å². The molecule has 1 aromatic rings. The number of rotatable bonds is 3. The number of carbonyl (C=O) groups excluding carboxylic acids is 1. The number of alkyl halides is 2. The fourth-order valence-corrected chi connectivity index (χ4v) is 4.48. The summed E-state index contributed by atoms with van der Waals surface area (Å²) < 4.78 is 28.7. The number of urea groups is 1. The van der Waals surface area contributed by atoms with Crippen LogP contribution in [-0.4, -0.2) is 56.2 Å². The molecule has 0 aromatic carbocycles. The number of aromatic nitrogens is 3. The predicted octanol–water partition coefficient (Wildman–Crippen LogP) is 2.39. The minimum atomic E-state index is -2.81. The van der Waals surface area contributed by atoms with Crippen molar-refractivity contribution >= 4 is 6.03 Å². The Morgan fingerprint density at radius 3 is 2.58 bits per heavy atom. The average molecular weight is 369 g/mol. The van der Waals surface area contributed by atoms with Gasteiger partial charge in [-0.2, -0.15) is 5.10 Å². The summed E-state index contributed by atoms with van der Waals surface area (Å²) in [7, 11) is 0. The third kappa shape index (κ3) is 2.91. The first kappa shape index (κ1) is 17.5. The maximum absolute atomic E-state index is 13.6. The van der Waals surface area contributed by atoms with Gasteiger partial charge in [0, 0.05) is 25.6 Å². The molecule has 1 saturated carbocycles. The van der Waals surface area contributed by atoms with Crippen molar-refractivity contribution in [3.63, 3.8) is 0 Å². The molecule has 2 unspecified atom stereocenters. The van der Waals surface area contributed by atoms with Gasteiger partial charge in [-0.25, -0.2) is 23.5 Å². The number of nitrogens with zero attached hydrogens (tertiary/aromatic N) is 4. The van der Waals surface area contributed by atoms with Gasteiger partial charge in [-0.1, -0.05) is 0 Å². The van der Waals surface area contributed by atoms with E-state index >= 15 is 0 Å². The second kappa shape index (κ2) is 6.06. The highest BCUT2D eigenvalue weighted by atomic mass is 19.3. The molecule has 2 atom stereocenters. The maximum atomic E-state index is 13.6. The van der Waals surface area contributed by atoms with Crippen LogP contribution in [0.4, 0.5) is 13.6 Å². The smallest absolute Gasteiger partial charge is 0.318 e. The first-order valence-corrected chi connectivity index (χ1v) is 9.38. The molecular weight excluding hydrogens is 344 g/mol. The first-order chi connectivity index (χ1) is 12.3. The van der Waals surface area contributed by atoms with Crippen LogP contribution in [0.3, 0.4) is 0 Å². The molecular formula is C17H25F2N5O2. The molecule has 0 bridgehead atoms. The van der Waals surface area contributed by atoms with E-state index < -0.39 is 12.5 Å². The van der Waals surface area contributed by atoms with Crippen LogP contribution in [0.1, 0.15) is 57.4 Å². The summed E-state index contributed by atoms with van der Waals surface area (Å²) in [6.07, 6.45) is 2.76. The summed E-state index contributed by atoms with van der Waals surface area (Å²) in [4.78, 5) is 28.1. The highest BCUT2D eigenvalue weighted by Gasteiger charge is 2.50. The molecule has 2 aliphatic heterocycles. The molecule has 144 valence electrons. The molecule has 4 rings (SSSR count). The standard InChI is InChI=1S/C17H25F2N5O2/c1-10(2)24-14(20-21-15(24)25)13-12(11-3-4-11)5-7-23(13)16(26)22-8-6-17(18,19)9-22/h10-13H,3-9H2,1-2H3,(H,21,25). The molecule has 1 N–H and O–H groups in total. The number of likely N-dealkylation sites (tertiary alicyclic amines) is 2. The number of carbonyl (C=O) groups is 1. The number of aromatic amines is 1. The second-order valence-electron chi connectivity index (χ2n) is 8.09. The third-order valence-corrected chi connectivity index (χ3v) is 5.87. The Morgan fingerprint density at radius 2 is 2.00 bits per heavy atom. The zero-order valence-electron chi connectivity index (χ0n) is 15.1. The molecule has 0 radical (unpaired) electrons. The van der Waals surface area contributed by atoms with Gasteiger partial charge in [0.1, 0.15) is 0 Å². The normalized spacial score (nSPS) is 28.3. The number of hydrogen-bond donors (Lipinski definition) is 1. The van der Waals surface area contributed by atoms with Crippen LogP contribution >= 0.6 is 0 Å². The molecule has 1 aliphatic carbocycles. The van der Waals surface area contributed by atoms with Gasteiger partial charge in [0.25, 0.3) is 5.92 Å². The summed E-state index contributed by atoms with van der Waals surface area (Å²) in [5.41, 5.74) is -0.295. The summed E-state index contributed by atoms with van der Waals surface area (Å²) in [5.74, 6) is -1.51. The SMILES string of the molecule is CC(C)n1c(C2C(C3CC3)CCN2C(=O)N2CCC(F)(F)C2)n[nH]c1=O. The number of H-pyrrole nitrogens is 1. The van der Waals surface area contributed by atoms with E-state index in [0.717, 1.165) is 19.3 Å². The minimum absolute atomic E-state index is 0.0701. The second-order valence-corrected chi connectivity index (χ2v) is 8.09. The highest BCUT2D eigenvalue weighted by molar-refractivity contribution is 5.75. The first-order valence-electron chi connectivity index (χ1n) is 9.38. The van der Waals surface area contributed by atoms with E-state index in [2.05, 4.69) is 10.2 Å². The van der Waals surface area contributed by atoms with Crippen molar-refractivity contribution in [3.05, 3.63) is 16.3 Å². The van der Waals surface area contributed by atoms with Crippen LogP contribution < -0.4 is 5.69 Å². The summed E-state index contributed by atoms with van der Waals surface area (Å²) >= 11 is 0. The lowest BCUT2D eigenvalue weighted by atomic mass is 9.94. The van der Waals surface area contributed by atoms with E-state index in [1.54, 1.807) is 9.47 Å². The van der Waals surface area contributed by atoms with Gasteiger partial charge >= 0.3 is 11.7 Å². The quantitative estimate of drug-likeness (QED) is 0.889. The highest BCUT2D eigenvalue weighted by Crippen LogP contribution is 2.50. The summed E-state index contributed by atoms with van der Waals surface area (Å²) in [6.45, 7) is 3.86. The van der Waals surface area contributed by atoms with Crippen molar-refractivity contribution in [3.8, 4) is 0 Å². The van der Waals surface area contributed by atoms with Crippen molar-refractivity contribution in [2.75, 3.05) is 19.6 Å². The Bertz CT molecular complexity index is 755. The summed E-state index contributed by atoms with van der Waals surface area (Å²) in [6, 6.07) is -0.781. The molecule has 2 amide bonds. The van der Waals surface area contributed by atoms with E-state index in [1.165, 1.54) is 4.90 Å². The van der Waals surface area contributed by atoms with Gasteiger partial charge in [-0.05, 0) is 44.9 Å². The van der Waals surface area contributed by atoms with Gasteiger partial charge in [-0.15, -0.1) is 0 Å². The molecule has 3 fully saturated rings. The van der Waals surface area contributed by atoms with Gasteiger partial charge < -0.3 is 9.80 Å². The third-order valence-electron chi connectivity index (χ3n) is 5.87. The Labute approximate surface area is 150 Å². The topological polar surface area (TPSA) is 74.2 Å². The molecule has 9 heteroatoms. The van der Waals surface area contributed by atoms with Crippen molar-refractivity contribution in [2.45, 2.75) is 57.5 Å². The molecule has 0 spiro atoms. The van der Waals surface area contributed by atoms with Crippen molar-refractivity contribution in [1.29, 1.82) is 0 Å². The monoisotopic (exact) mass is 369 g/mol. The fraction of sp³-hybridized carbons (Fsp3) is 0.824. The van der Waals surface area contributed by atoms with E-state index in [-0.39, 0.29) is 42.7 Å². The molecule has 1 aromatic heterocycles. The van der Waals surface area contributed by atoms with Crippen molar-refractivity contribution < 1.29 is 13.6 Å². The van der Waals surface area contributed by atoms with Crippen LogP contribution in [0.2, 0.25) is 0 Å². The van der Waals surface area contributed by atoms with E-state index in [4.69, 9.17) is 0 Å².